The van der Waals surface area contributed by atoms with Crippen molar-refractivity contribution in [2.45, 2.75) is 13.3 Å². The first kappa shape index (κ1) is 15.0. The van der Waals surface area contributed by atoms with E-state index in [2.05, 4.69) is 16.2 Å². The van der Waals surface area contributed by atoms with Crippen LogP contribution in [0.2, 0.25) is 10.0 Å². The monoisotopic (exact) mass is 305 g/mol. The molecule has 0 radical (unpaired) electrons. The molecule has 0 aromatic heterocycles. The normalized spacial score (nSPS) is 9.72. The van der Waals surface area contributed by atoms with Crippen LogP contribution in [0.15, 0.2) is 18.2 Å². The molecule has 18 heavy (non-hydrogen) atoms. The molecule has 0 aliphatic carbocycles. The van der Waals surface area contributed by atoms with Gasteiger partial charge in [0.1, 0.15) is 0 Å². The van der Waals surface area contributed by atoms with Gasteiger partial charge < -0.3 is 5.32 Å². The van der Waals surface area contributed by atoms with E-state index in [1.54, 1.807) is 12.1 Å². The Morgan fingerprint density at radius 2 is 2.06 bits per heavy atom. The van der Waals surface area contributed by atoms with Crippen molar-refractivity contribution in [2.24, 2.45) is 0 Å². The lowest BCUT2D eigenvalue weighted by atomic mass is 10.2. The van der Waals surface area contributed by atoms with E-state index in [9.17, 15) is 4.79 Å². The van der Waals surface area contributed by atoms with Gasteiger partial charge in [-0.15, -0.1) is 0 Å². The lowest BCUT2D eigenvalue weighted by molar-refractivity contribution is 0.0944. The summed E-state index contributed by atoms with van der Waals surface area (Å²) in [5.41, 5.74) is 5.36. The second-order valence-electron chi connectivity index (χ2n) is 3.46. The molecule has 3 N–H and O–H groups in total. The van der Waals surface area contributed by atoms with Crippen molar-refractivity contribution in [3.05, 3.63) is 33.8 Å². The van der Waals surface area contributed by atoms with Crippen LogP contribution in [0.25, 0.3) is 0 Å². The van der Waals surface area contributed by atoms with Gasteiger partial charge in [-0.3, -0.25) is 15.6 Å². The molecule has 1 aromatic carbocycles. The van der Waals surface area contributed by atoms with Crippen LogP contribution in [-0.2, 0) is 0 Å². The molecule has 0 fully saturated rings. The highest BCUT2D eigenvalue weighted by molar-refractivity contribution is 7.80. The van der Waals surface area contributed by atoms with Gasteiger partial charge in [-0.05, 0) is 36.8 Å². The second kappa shape index (κ2) is 7.41. The fourth-order valence-corrected chi connectivity index (χ4v) is 1.78. The number of hydrazine groups is 1. The van der Waals surface area contributed by atoms with Gasteiger partial charge in [0.25, 0.3) is 5.91 Å². The molecule has 0 heterocycles. The fraction of sp³-hybridized carbons (Fsp3) is 0.273. The molecule has 4 nitrogen and oxygen atoms in total. The topological polar surface area (TPSA) is 53.2 Å². The molecule has 0 saturated carbocycles. The average molecular weight is 306 g/mol. The van der Waals surface area contributed by atoms with Crippen molar-refractivity contribution in [1.29, 1.82) is 0 Å². The predicted molar refractivity (Wildman–Crippen MR) is 78.0 cm³/mol. The van der Waals surface area contributed by atoms with Gasteiger partial charge in [0.05, 0.1) is 10.6 Å². The van der Waals surface area contributed by atoms with Crippen LogP contribution in [0.1, 0.15) is 23.7 Å². The van der Waals surface area contributed by atoms with E-state index < -0.39 is 0 Å². The highest BCUT2D eigenvalue weighted by Gasteiger charge is 2.10. The summed E-state index contributed by atoms with van der Waals surface area (Å²) in [7, 11) is 0. The minimum absolute atomic E-state index is 0.286. The minimum atomic E-state index is -0.377. The highest BCUT2D eigenvalue weighted by Crippen LogP contribution is 2.20. The Kier molecular flexibility index (Phi) is 6.18. The lowest BCUT2D eigenvalue weighted by Gasteiger charge is -2.11. The molecule has 0 unspecified atom stereocenters. The van der Waals surface area contributed by atoms with Crippen molar-refractivity contribution >= 4 is 46.4 Å². The summed E-state index contributed by atoms with van der Waals surface area (Å²) >= 11 is 16.6. The molecule has 1 amide bonds. The number of hydrogen-bond acceptors (Lipinski definition) is 2. The molecule has 0 atom stereocenters. The zero-order chi connectivity index (χ0) is 13.5. The van der Waals surface area contributed by atoms with E-state index in [4.69, 9.17) is 35.4 Å². The van der Waals surface area contributed by atoms with Gasteiger partial charge in [-0.25, -0.2) is 0 Å². The second-order valence-corrected chi connectivity index (χ2v) is 4.71. The number of thiocarbonyl (C=S) groups is 1. The molecule has 1 aromatic rings. The minimum Gasteiger partial charge on any atom is -0.361 e. The number of rotatable bonds is 3. The first-order chi connectivity index (χ1) is 8.54. The third-order valence-corrected chi connectivity index (χ3v) is 2.80. The molecular formula is C11H13Cl2N3OS. The van der Waals surface area contributed by atoms with Crippen molar-refractivity contribution in [3.63, 3.8) is 0 Å². The predicted octanol–water partition coefficient (Wildman–Crippen LogP) is 2.51. The summed E-state index contributed by atoms with van der Waals surface area (Å²) < 4.78 is 0. The summed E-state index contributed by atoms with van der Waals surface area (Å²) in [6, 6.07) is 4.64. The summed E-state index contributed by atoms with van der Waals surface area (Å²) in [6.07, 6.45) is 0.943. The van der Waals surface area contributed by atoms with E-state index in [-0.39, 0.29) is 10.9 Å². The number of halogens is 2. The van der Waals surface area contributed by atoms with E-state index in [1.165, 1.54) is 6.07 Å². The molecule has 0 aliphatic rings. The van der Waals surface area contributed by atoms with Crippen LogP contribution >= 0.6 is 35.4 Å². The van der Waals surface area contributed by atoms with Gasteiger partial charge in [0, 0.05) is 11.6 Å². The molecule has 0 saturated heterocycles. The fourth-order valence-electron chi connectivity index (χ4n) is 1.14. The van der Waals surface area contributed by atoms with Crippen LogP contribution < -0.4 is 16.2 Å². The van der Waals surface area contributed by atoms with Crippen molar-refractivity contribution in [1.82, 2.24) is 16.2 Å². The van der Waals surface area contributed by atoms with Crippen LogP contribution in [0.3, 0.4) is 0 Å². The number of hydrogen-bond donors (Lipinski definition) is 3. The van der Waals surface area contributed by atoms with Gasteiger partial charge in [0.2, 0.25) is 0 Å². The third kappa shape index (κ3) is 4.68. The summed E-state index contributed by atoms with van der Waals surface area (Å²) in [5.74, 6) is -0.377. The molecule has 1 rings (SSSR count). The number of carbonyl (C=O) groups excluding carboxylic acids is 1. The number of nitrogens with one attached hydrogen (secondary N) is 3. The first-order valence-electron chi connectivity index (χ1n) is 5.33. The number of amides is 1. The maximum atomic E-state index is 11.8. The molecule has 7 heteroatoms. The molecule has 0 spiro atoms. The first-order valence-corrected chi connectivity index (χ1v) is 6.50. The molecule has 0 bridgehead atoms. The zero-order valence-corrected chi connectivity index (χ0v) is 12.0. The number of carbonyl (C=O) groups is 1. The van der Waals surface area contributed by atoms with Crippen LogP contribution in [0.4, 0.5) is 0 Å². The van der Waals surface area contributed by atoms with Crippen LogP contribution in [0.5, 0.6) is 0 Å². The van der Waals surface area contributed by atoms with Crippen LogP contribution in [0, 0.1) is 0 Å². The molecular weight excluding hydrogens is 293 g/mol. The standard InChI is InChI=1S/C11H13Cl2N3OS/c1-2-5-14-11(18)16-15-10(17)8-4-3-7(12)6-9(8)13/h3-4,6H,2,5H2,1H3,(H,15,17)(H2,14,16,18). The Morgan fingerprint density at radius 1 is 1.33 bits per heavy atom. The van der Waals surface area contributed by atoms with Crippen LogP contribution in [-0.4, -0.2) is 17.6 Å². The average Bonchev–Trinajstić information content (AvgIpc) is 2.33. The third-order valence-electron chi connectivity index (χ3n) is 2.00. The highest BCUT2D eigenvalue weighted by atomic mass is 35.5. The van der Waals surface area contributed by atoms with E-state index in [0.717, 1.165) is 13.0 Å². The largest absolute Gasteiger partial charge is 0.361 e. The van der Waals surface area contributed by atoms with Crippen molar-refractivity contribution < 1.29 is 4.79 Å². The lowest BCUT2D eigenvalue weighted by Crippen LogP contribution is -2.46. The Labute approximate surface area is 121 Å². The summed E-state index contributed by atoms with van der Waals surface area (Å²) in [4.78, 5) is 11.8. The maximum absolute atomic E-state index is 11.8. The zero-order valence-electron chi connectivity index (χ0n) is 9.72. The maximum Gasteiger partial charge on any atom is 0.271 e. The van der Waals surface area contributed by atoms with Gasteiger partial charge in [-0.2, -0.15) is 0 Å². The van der Waals surface area contributed by atoms with Gasteiger partial charge in [-0.1, -0.05) is 30.1 Å². The Balaban J connectivity index is 2.53. The Morgan fingerprint density at radius 3 is 2.67 bits per heavy atom. The summed E-state index contributed by atoms with van der Waals surface area (Å²) in [6.45, 7) is 2.76. The Hall–Kier alpha value is -1.04. The van der Waals surface area contributed by atoms with E-state index in [0.29, 0.717) is 15.7 Å². The SMILES string of the molecule is CCCNC(=S)NNC(=O)c1ccc(Cl)cc1Cl. The van der Waals surface area contributed by atoms with E-state index in [1.807, 2.05) is 6.92 Å². The quantitative estimate of drug-likeness (QED) is 0.593. The smallest absolute Gasteiger partial charge is 0.271 e. The van der Waals surface area contributed by atoms with Crippen molar-refractivity contribution in [2.75, 3.05) is 6.54 Å². The molecule has 0 aliphatic heterocycles. The number of benzene rings is 1. The van der Waals surface area contributed by atoms with Gasteiger partial charge in [0.15, 0.2) is 5.11 Å². The van der Waals surface area contributed by atoms with Gasteiger partial charge >= 0.3 is 0 Å². The van der Waals surface area contributed by atoms with Crippen molar-refractivity contribution in [3.8, 4) is 0 Å². The molecule has 98 valence electrons. The Bertz CT molecular complexity index is 454. The van der Waals surface area contributed by atoms with E-state index >= 15 is 0 Å². The summed E-state index contributed by atoms with van der Waals surface area (Å²) in [5, 5.41) is 4.03.